The van der Waals surface area contributed by atoms with Gasteiger partial charge in [0.05, 0.1) is 26.4 Å². The molecule has 0 aliphatic carbocycles. The molecule has 0 spiro atoms. The normalized spacial score (nSPS) is 14.4. The fourth-order valence-corrected chi connectivity index (χ4v) is 13.0. The van der Waals surface area contributed by atoms with Crippen LogP contribution >= 0.6 is 15.6 Å². The van der Waals surface area contributed by atoms with Gasteiger partial charge in [0.25, 0.3) is 0 Å². The Kier molecular flexibility index (Phi) is 64.3. The van der Waals surface area contributed by atoms with Crippen molar-refractivity contribution < 1.29 is 80.2 Å². The summed E-state index contributed by atoms with van der Waals surface area (Å²) in [6.45, 7) is 11.9. The first kappa shape index (κ1) is 92.1. The summed E-state index contributed by atoms with van der Waals surface area (Å²) in [5.74, 6) is 0.209. The van der Waals surface area contributed by atoms with Gasteiger partial charge in [-0.25, -0.2) is 9.13 Å². The van der Waals surface area contributed by atoms with Gasteiger partial charge in [0.1, 0.15) is 19.3 Å². The Bertz CT molecular complexity index is 1840. The van der Waals surface area contributed by atoms with Crippen LogP contribution in [0.15, 0.2) is 0 Å². The third-order valence-corrected chi connectivity index (χ3v) is 19.6. The molecule has 17 nitrogen and oxygen atoms in total. The number of ether oxygens (including phenoxy) is 4. The van der Waals surface area contributed by atoms with Crippen LogP contribution in [0.3, 0.4) is 0 Å². The molecule has 3 N–H and O–H groups in total. The highest BCUT2D eigenvalue weighted by Crippen LogP contribution is 2.45. The predicted molar refractivity (Wildman–Crippen MR) is 381 cm³/mol. The third-order valence-electron chi connectivity index (χ3n) is 17.7. The molecular formula is C75H146O17P2. The molecule has 0 aromatic carbocycles. The Balaban J connectivity index is 5.27. The summed E-state index contributed by atoms with van der Waals surface area (Å²) < 4.78 is 68.5. The molecule has 0 aromatic heterocycles. The predicted octanol–water partition coefficient (Wildman–Crippen LogP) is 21.8. The number of carbonyl (C=O) groups excluding carboxylic acids is 4. The molecule has 558 valence electrons. The van der Waals surface area contributed by atoms with E-state index in [1.54, 1.807) is 0 Å². The molecule has 0 amide bonds. The first-order valence-corrected chi connectivity index (χ1v) is 41.9. The van der Waals surface area contributed by atoms with Crippen molar-refractivity contribution >= 4 is 39.5 Å². The van der Waals surface area contributed by atoms with Crippen molar-refractivity contribution in [3.63, 3.8) is 0 Å². The molecule has 0 heterocycles. The standard InChI is InChI=1S/C75H146O17P2/c1-8-10-11-12-13-14-15-22-27-35-42-49-56-72(77)86-63-71(92-75(80)59-52-45-38-31-30-34-41-48-55-68(7)9-2)65-90-94(83,84)88-61-69(76)60-87-93(81,82)89-64-70(62-85-73(78)57-50-43-36-28-24-19-21-26-33-40-47-54-67(5)6)91-74(79)58-51-44-37-29-23-18-16-17-20-25-32-39-46-53-66(3)4/h66-71,76H,8-65H2,1-7H3,(H,81,82)(H,83,84)/t68?,69-,70-,71-/m1/s1. The van der Waals surface area contributed by atoms with Crippen molar-refractivity contribution in [3.8, 4) is 0 Å². The summed E-state index contributed by atoms with van der Waals surface area (Å²) >= 11 is 0. The average molecular weight is 1380 g/mol. The minimum atomic E-state index is -4.96. The van der Waals surface area contributed by atoms with Crippen molar-refractivity contribution in [2.75, 3.05) is 39.6 Å². The van der Waals surface area contributed by atoms with Crippen LogP contribution in [-0.4, -0.2) is 96.7 Å². The minimum Gasteiger partial charge on any atom is -0.462 e. The van der Waals surface area contributed by atoms with Crippen LogP contribution in [0.1, 0.15) is 382 Å². The molecule has 0 aliphatic rings. The van der Waals surface area contributed by atoms with Gasteiger partial charge in [-0.2, -0.15) is 0 Å². The van der Waals surface area contributed by atoms with Gasteiger partial charge in [0, 0.05) is 25.7 Å². The number of esters is 4. The smallest absolute Gasteiger partial charge is 0.462 e. The van der Waals surface area contributed by atoms with Crippen LogP contribution in [-0.2, 0) is 65.4 Å². The van der Waals surface area contributed by atoms with E-state index < -0.39 is 97.5 Å². The molecule has 6 atom stereocenters. The highest BCUT2D eigenvalue weighted by Gasteiger charge is 2.30. The van der Waals surface area contributed by atoms with Gasteiger partial charge in [-0.1, -0.05) is 331 Å². The number of aliphatic hydroxyl groups is 1. The van der Waals surface area contributed by atoms with Crippen molar-refractivity contribution in [3.05, 3.63) is 0 Å². The van der Waals surface area contributed by atoms with E-state index in [1.165, 1.54) is 193 Å². The fraction of sp³-hybridized carbons (Fsp3) is 0.947. The lowest BCUT2D eigenvalue weighted by molar-refractivity contribution is -0.161. The van der Waals surface area contributed by atoms with E-state index in [4.69, 9.17) is 37.0 Å². The van der Waals surface area contributed by atoms with Crippen molar-refractivity contribution in [2.24, 2.45) is 17.8 Å². The van der Waals surface area contributed by atoms with Crippen LogP contribution in [0.2, 0.25) is 0 Å². The Morgan fingerprint density at radius 1 is 0.309 bits per heavy atom. The number of phosphoric acid groups is 2. The molecular weight excluding hydrogens is 1230 g/mol. The second-order valence-electron chi connectivity index (χ2n) is 28.2. The van der Waals surface area contributed by atoms with Crippen LogP contribution in [0, 0.1) is 17.8 Å². The maximum Gasteiger partial charge on any atom is 0.472 e. The molecule has 0 bridgehead atoms. The topological polar surface area (TPSA) is 237 Å². The van der Waals surface area contributed by atoms with Gasteiger partial charge >= 0.3 is 39.5 Å². The summed E-state index contributed by atoms with van der Waals surface area (Å²) in [4.78, 5) is 72.8. The quantitative estimate of drug-likeness (QED) is 0.0222. The summed E-state index contributed by atoms with van der Waals surface area (Å²) in [7, 11) is -9.91. The van der Waals surface area contributed by atoms with E-state index in [2.05, 4.69) is 48.5 Å². The van der Waals surface area contributed by atoms with Gasteiger partial charge in [0.2, 0.25) is 0 Å². The molecule has 0 saturated carbocycles. The number of aliphatic hydroxyl groups excluding tert-OH is 1. The van der Waals surface area contributed by atoms with Crippen molar-refractivity contribution in [2.45, 2.75) is 401 Å². The van der Waals surface area contributed by atoms with E-state index in [9.17, 15) is 43.2 Å². The largest absolute Gasteiger partial charge is 0.472 e. The van der Waals surface area contributed by atoms with E-state index in [1.807, 2.05) is 0 Å². The average Bonchev–Trinajstić information content (AvgIpc) is 1.59. The second kappa shape index (κ2) is 65.7. The number of rotatable bonds is 73. The van der Waals surface area contributed by atoms with Gasteiger partial charge in [-0.05, 0) is 43.4 Å². The van der Waals surface area contributed by atoms with Crippen molar-refractivity contribution in [1.82, 2.24) is 0 Å². The maximum absolute atomic E-state index is 13.1. The number of phosphoric ester groups is 2. The van der Waals surface area contributed by atoms with Crippen LogP contribution in [0.25, 0.3) is 0 Å². The lowest BCUT2D eigenvalue weighted by Gasteiger charge is -2.21. The first-order valence-electron chi connectivity index (χ1n) is 38.9. The maximum atomic E-state index is 13.1. The van der Waals surface area contributed by atoms with Gasteiger partial charge in [-0.15, -0.1) is 0 Å². The third kappa shape index (κ3) is 67.3. The molecule has 0 radical (unpaired) electrons. The van der Waals surface area contributed by atoms with E-state index in [-0.39, 0.29) is 25.7 Å². The lowest BCUT2D eigenvalue weighted by Crippen LogP contribution is -2.30. The summed E-state index contributed by atoms with van der Waals surface area (Å²) in [5.41, 5.74) is 0. The molecule has 94 heavy (non-hydrogen) atoms. The summed E-state index contributed by atoms with van der Waals surface area (Å²) in [6, 6.07) is 0. The Morgan fingerprint density at radius 3 is 0.809 bits per heavy atom. The van der Waals surface area contributed by atoms with Crippen LogP contribution < -0.4 is 0 Å². The van der Waals surface area contributed by atoms with Crippen LogP contribution in [0.5, 0.6) is 0 Å². The second-order valence-corrected chi connectivity index (χ2v) is 31.1. The number of carbonyl (C=O) groups is 4. The number of hydrogen-bond donors (Lipinski definition) is 3. The van der Waals surface area contributed by atoms with Crippen LogP contribution in [0.4, 0.5) is 0 Å². The van der Waals surface area contributed by atoms with Gasteiger partial charge < -0.3 is 33.8 Å². The van der Waals surface area contributed by atoms with E-state index >= 15 is 0 Å². The molecule has 0 aromatic rings. The molecule has 0 fully saturated rings. The zero-order chi connectivity index (χ0) is 69.4. The lowest BCUT2D eigenvalue weighted by atomic mass is 9.99. The Morgan fingerprint density at radius 2 is 0.543 bits per heavy atom. The zero-order valence-electron chi connectivity index (χ0n) is 61.4. The molecule has 3 unspecified atom stereocenters. The molecule has 19 heteroatoms. The Hall–Kier alpha value is -1.94. The van der Waals surface area contributed by atoms with E-state index in [0.29, 0.717) is 25.7 Å². The monoisotopic (exact) mass is 1380 g/mol. The van der Waals surface area contributed by atoms with E-state index in [0.717, 1.165) is 108 Å². The zero-order valence-corrected chi connectivity index (χ0v) is 63.2. The molecule has 0 saturated heterocycles. The minimum absolute atomic E-state index is 0.105. The summed E-state index contributed by atoms with van der Waals surface area (Å²) in [6.07, 6.45) is 51.1. The Labute approximate surface area is 575 Å². The molecule has 0 rings (SSSR count). The number of unbranched alkanes of at least 4 members (excludes halogenated alkanes) is 40. The SMILES string of the molecule is CCCCCCCCCCCCCCC(=O)OC[C@H](COP(=O)(O)OC[C@H](O)COP(=O)(O)OC[C@@H](COC(=O)CCCCCCCCCCCCCC(C)C)OC(=O)CCCCCCCCCCCCCCCC(C)C)OC(=O)CCCCCCCCCCC(C)CC. The van der Waals surface area contributed by atoms with Gasteiger partial charge in [-0.3, -0.25) is 37.3 Å². The van der Waals surface area contributed by atoms with Crippen molar-refractivity contribution in [1.29, 1.82) is 0 Å². The summed E-state index contributed by atoms with van der Waals surface area (Å²) in [5, 5.41) is 10.6. The molecule has 0 aliphatic heterocycles. The van der Waals surface area contributed by atoms with Gasteiger partial charge in [0.15, 0.2) is 12.2 Å². The fourth-order valence-electron chi connectivity index (χ4n) is 11.4. The first-order chi connectivity index (χ1) is 45.3. The number of hydrogen-bond acceptors (Lipinski definition) is 15. The highest BCUT2D eigenvalue weighted by atomic mass is 31.2. The highest BCUT2D eigenvalue weighted by molar-refractivity contribution is 7.47.